The molecule has 0 unspecified atom stereocenters. The molecule has 352 valence electrons. The summed E-state index contributed by atoms with van der Waals surface area (Å²) in [5.41, 5.74) is 3.82. The molecule has 4 N–H and O–H groups in total. The maximum Gasteiger partial charge on any atom is 0.230 e. The molecule has 10 aromatic rings. The fourth-order valence-corrected chi connectivity index (χ4v) is 10.7. The Morgan fingerprint density at radius 3 is 0.901 bits per heavy atom. The Kier molecular flexibility index (Phi) is 13.3. The van der Waals surface area contributed by atoms with Gasteiger partial charge in [-0.3, -0.25) is 9.59 Å². The van der Waals surface area contributed by atoms with Gasteiger partial charge in [0.25, 0.3) is 0 Å². The molecule has 0 aliphatic heterocycles. The van der Waals surface area contributed by atoms with Crippen LogP contribution in [-0.4, -0.2) is 33.2 Å². The lowest BCUT2D eigenvalue weighted by Crippen LogP contribution is -2.52. The molecule has 0 radical (unpaired) electrons. The number of benzene rings is 10. The number of carbonyl (C=O) groups excluding carboxylic acids is 2. The minimum atomic E-state index is -1.56. The van der Waals surface area contributed by atoms with Gasteiger partial charge in [0.2, 0.25) is 11.8 Å². The lowest BCUT2D eigenvalue weighted by molar-refractivity contribution is -0.133. The summed E-state index contributed by atoms with van der Waals surface area (Å²) in [4.78, 5) is 29.5. The summed E-state index contributed by atoms with van der Waals surface area (Å²) in [6.07, 6.45) is 0.295. The van der Waals surface area contributed by atoms with Crippen LogP contribution in [0.3, 0.4) is 0 Å². The van der Waals surface area contributed by atoms with Crippen molar-refractivity contribution in [3.05, 3.63) is 263 Å². The molecular weight excluding hydrogens is 873 g/mol. The van der Waals surface area contributed by atoms with E-state index in [9.17, 15) is 19.8 Å². The first-order valence-electron chi connectivity index (χ1n) is 24.5. The van der Waals surface area contributed by atoms with Crippen LogP contribution in [0.4, 0.5) is 0 Å². The highest BCUT2D eigenvalue weighted by atomic mass is 16.3. The van der Waals surface area contributed by atoms with Gasteiger partial charge in [0.1, 0.15) is 6.42 Å². The third-order valence-corrected chi connectivity index (χ3v) is 14.3. The minimum Gasteiger partial charge on any atom is -0.387 e. The van der Waals surface area contributed by atoms with Crippen molar-refractivity contribution in [2.24, 2.45) is 0 Å². The van der Waals surface area contributed by atoms with Crippen molar-refractivity contribution < 1.29 is 19.8 Å². The van der Waals surface area contributed by atoms with E-state index in [1.54, 1.807) is 0 Å². The van der Waals surface area contributed by atoms with Crippen LogP contribution in [0.2, 0.25) is 0 Å². The zero-order valence-electron chi connectivity index (χ0n) is 40.2. The third-order valence-electron chi connectivity index (χ3n) is 14.3. The number of nitrogens with one attached hydrogen (secondary N) is 2. The molecule has 10 rings (SSSR count). The number of aliphatic hydroxyl groups is 2. The summed E-state index contributed by atoms with van der Waals surface area (Å²) >= 11 is 0. The second-order valence-electron chi connectivity index (χ2n) is 19.5. The average molecular weight is 931 g/mol. The summed E-state index contributed by atoms with van der Waals surface area (Å²) in [6, 6.07) is 71.2. The molecule has 0 aromatic heterocycles. The van der Waals surface area contributed by atoms with Crippen molar-refractivity contribution >= 4 is 54.9 Å². The topological polar surface area (TPSA) is 98.7 Å². The largest absolute Gasteiger partial charge is 0.387 e. The molecular formula is C65H58N2O4. The summed E-state index contributed by atoms with van der Waals surface area (Å²) < 4.78 is 0. The average Bonchev–Trinajstić information content (AvgIpc) is 3.37. The van der Waals surface area contributed by atoms with Gasteiger partial charge in [-0.2, -0.15) is 0 Å². The summed E-state index contributed by atoms with van der Waals surface area (Å²) in [6.45, 7) is 3.96. The molecule has 6 nitrogen and oxygen atoms in total. The molecule has 0 saturated heterocycles. The molecule has 0 aliphatic rings. The predicted molar refractivity (Wildman–Crippen MR) is 289 cm³/mol. The Labute approximate surface area is 415 Å². The lowest BCUT2D eigenvalue weighted by atomic mass is 9.77. The van der Waals surface area contributed by atoms with Crippen molar-refractivity contribution in [2.75, 3.05) is 0 Å². The van der Waals surface area contributed by atoms with Crippen LogP contribution in [-0.2, 0) is 35.3 Å². The summed E-state index contributed by atoms with van der Waals surface area (Å²) in [5, 5.41) is 42.0. The van der Waals surface area contributed by atoms with Crippen LogP contribution in [0.5, 0.6) is 0 Å². The molecule has 2 amide bonds. The van der Waals surface area contributed by atoms with Gasteiger partial charge in [-0.05, 0) is 101 Å². The van der Waals surface area contributed by atoms with Gasteiger partial charge in [0, 0.05) is 25.7 Å². The SMILES string of the molecule is Cc1ccccc1[C@@H](NC(=O)CC(=O)N[C@H](c1ccccc1C)C(O)(Cc1ccc2ccccc2c1)Cc1ccc2ccccc2c1)C(O)(Cc1ccc2ccccc2c1)Cc1ccc2ccccc2c1. The predicted octanol–water partition coefficient (Wildman–Crippen LogP) is 12.8. The number of hydrogen-bond acceptors (Lipinski definition) is 4. The van der Waals surface area contributed by atoms with Crippen LogP contribution in [0, 0.1) is 13.8 Å². The Balaban J connectivity index is 1.00. The van der Waals surface area contributed by atoms with Crippen molar-refractivity contribution in [1.29, 1.82) is 0 Å². The number of rotatable bonds is 16. The van der Waals surface area contributed by atoms with E-state index < -0.39 is 41.5 Å². The van der Waals surface area contributed by atoms with E-state index in [-0.39, 0.29) is 25.7 Å². The van der Waals surface area contributed by atoms with Crippen LogP contribution in [0.1, 0.15) is 63.0 Å². The molecule has 6 heteroatoms. The van der Waals surface area contributed by atoms with E-state index in [2.05, 4.69) is 108 Å². The molecule has 10 aromatic carbocycles. The van der Waals surface area contributed by atoms with Crippen molar-refractivity contribution in [3.8, 4) is 0 Å². The number of aryl methyl sites for hydroxylation is 2. The zero-order chi connectivity index (χ0) is 49.0. The number of carbonyl (C=O) groups is 2. The summed E-state index contributed by atoms with van der Waals surface area (Å²) in [7, 11) is 0. The Morgan fingerprint density at radius 2 is 0.620 bits per heavy atom. The number of amides is 2. The van der Waals surface area contributed by atoms with Gasteiger partial charge in [-0.15, -0.1) is 0 Å². The molecule has 2 atom stereocenters. The number of fused-ring (bicyclic) bond motifs is 4. The van der Waals surface area contributed by atoms with Gasteiger partial charge in [0.15, 0.2) is 0 Å². The van der Waals surface area contributed by atoms with Crippen LogP contribution in [0.15, 0.2) is 218 Å². The van der Waals surface area contributed by atoms with E-state index in [4.69, 9.17) is 0 Å². The lowest BCUT2D eigenvalue weighted by Gasteiger charge is -2.39. The molecule has 0 fully saturated rings. The van der Waals surface area contributed by atoms with Crippen molar-refractivity contribution in [3.63, 3.8) is 0 Å². The third kappa shape index (κ3) is 10.5. The Bertz CT molecular complexity index is 3170. The smallest absolute Gasteiger partial charge is 0.230 e. The Morgan fingerprint density at radius 1 is 0.366 bits per heavy atom. The highest BCUT2D eigenvalue weighted by molar-refractivity contribution is 5.97. The normalized spacial score (nSPS) is 12.8. The van der Waals surface area contributed by atoms with Gasteiger partial charge in [-0.25, -0.2) is 0 Å². The Hall–Kier alpha value is -7.90. The van der Waals surface area contributed by atoms with E-state index in [1.165, 1.54) is 0 Å². The first-order chi connectivity index (χ1) is 34.5. The molecule has 0 saturated carbocycles. The second kappa shape index (κ2) is 20.2. The maximum absolute atomic E-state index is 14.8. The van der Waals surface area contributed by atoms with Gasteiger partial charge in [-0.1, -0.05) is 218 Å². The van der Waals surface area contributed by atoms with E-state index in [0.29, 0.717) is 0 Å². The molecule has 0 bridgehead atoms. The van der Waals surface area contributed by atoms with E-state index in [0.717, 1.165) is 87.6 Å². The van der Waals surface area contributed by atoms with Crippen LogP contribution < -0.4 is 10.6 Å². The second-order valence-corrected chi connectivity index (χ2v) is 19.5. The first-order valence-corrected chi connectivity index (χ1v) is 24.5. The molecule has 0 aliphatic carbocycles. The van der Waals surface area contributed by atoms with Gasteiger partial charge >= 0.3 is 0 Å². The monoisotopic (exact) mass is 930 g/mol. The minimum absolute atomic E-state index is 0.210. The number of hydrogen-bond donors (Lipinski definition) is 4. The zero-order valence-corrected chi connectivity index (χ0v) is 40.2. The highest BCUT2D eigenvalue weighted by Crippen LogP contribution is 2.38. The van der Waals surface area contributed by atoms with Crippen molar-refractivity contribution in [2.45, 2.75) is 69.2 Å². The molecule has 0 heterocycles. The first kappa shape index (κ1) is 46.8. The molecule has 71 heavy (non-hydrogen) atoms. The maximum atomic E-state index is 14.8. The fourth-order valence-electron chi connectivity index (χ4n) is 10.7. The van der Waals surface area contributed by atoms with Gasteiger partial charge < -0.3 is 20.8 Å². The quantitative estimate of drug-likeness (QED) is 0.0726. The fraction of sp³-hybridized carbons (Fsp3) is 0.169. The molecule has 0 spiro atoms. The van der Waals surface area contributed by atoms with Crippen molar-refractivity contribution in [1.82, 2.24) is 10.6 Å². The van der Waals surface area contributed by atoms with Gasteiger partial charge in [0.05, 0.1) is 23.3 Å². The standard InChI is InChI=1S/C65H58N2O4/c1-44-15-3-13-25-58(44)62(64(70,40-46-27-31-50-17-5-9-21-54(50)35-46)41-47-28-32-51-18-6-10-22-55(51)36-47)66-60(68)39-61(69)67-63(59-26-14-4-16-45(59)2)65(71,42-48-29-33-52-19-7-11-23-56(52)37-48)43-49-30-34-53-20-8-12-24-57(53)38-49/h3-38,62-63,70-71H,39-43H2,1-2H3,(H,66,68)(H,67,69)/t62-,63-/m1/s1. The summed E-state index contributed by atoms with van der Waals surface area (Å²) in [5.74, 6) is -1.11. The van der Waals surface area contributed by atoms with Crippen LogP contribution in [0.25, 0.3) is 43.1 Å². The highest BCUT2D eigenvalue weighted by Gasteiger charge is 2.42. The van der Waals surface area contributed by atoms with E-state index >= 15 is 0 Å². The van der Waals surface area contributed by atoms with E-state index in [1.807, 2.05) is 135 Å². The van der Waals surface area contributed by atoms with Crippen LogP contribution >= 0.6 is 0 Å².